The predicted octanol–water partition coefficient (Wildman–Crippen LogP) is 0.172. The van der Waals surface area contributed by atoms with Gasteiger partial charge in [0.05, 0.1) is 12.7 Å². The van der Waals surface area contributed by atoms with E-state index in [1.165, 1.54) is 6.92 Å². The summed E-state index contributed by atoms with van der Waals surface area (Å²) < 4.78 is 28.6. The normalized spacial score (nSPS) is 19.2. The molecule has 0 amide bonds. The lowest BCUT2D eigenvalue weighted by atomic mass is 10.5. The van der Waals surface area contributed by atoms with Crippen molar-refractivity contribution in [2.75, 3.05) is 6.61 Å². The largest absolute Gasteiger partial charge is 0.326 e. The van der Waals surface area contributed by atoms with Gasteiger partial charge in [-0.05, 0) is 6.92 Å². The van der Waals surface area contributed by atoms with E-state index in [1.54, 1.807) is 0 Å². The average Bonchev–Trinajstić information content (AvgIpc) is 1.82. The van der Waals surface area contributed by atoms with Crippen LogP contribution in [0.1, 0.15) is 6.92 Å². The van der Waals surface area contributed by atoms with Gasteiger partial charge in [0.15, 0.2) is 0 Å². The lowest BCUT2D eigenvalue weighted by Gasteiger charge is -2.08. The second-order valence-corrected chi connectivity index (χ2v) is 3.36. The molecule has 0 aromatic heterocycles. The minimum Gasteiger partial charge on any atom is -0.326 e. The molecular formula is C3H10O6P2. The maximum atomic E-state index is 10.0. The van der Waals surface area contributed by atoms with Crippen LogP contribution in [0.5, 0.6) is 0 Å². The van der Waals surface area contributed by atoms with Crippen molar-refractivity contribution in [3.63, 3.8) is 0 Å². The molecule has 0 aromatic carbocycles. The minimum atomic E-state index is -2.98. The summed E-state index contributed by atoms with van der Waals surface area (Å²) in [5.41, 5.74) is 0. The van der Waals surface area contributed by atoms with Crippen LogP contribution in [-0.2, 0) is 18.2 Å². The maximum absolute atomic E-state index is 10.0. The molecule has 0 bridgehead atoms. The van der Waals surface area contributed by atoms with Crippen LogP contribution in [0.25, 0.3) is 0 Å². The van der Waals surface area contributed by atoms with Crippen LogP contribution in [0.2, 0.25) is 0 Å². The van der Waals surface area contributed by atoms with Crippen molar-refractivity contribution in [1.29, 1.82) is 0 Å². The minimum absolute atomic E-state index is 0.161. The molecule has 0 saturated carbocycles. The van der Waals surface area contributed by atoms with Gasteiger partial charge in [0.2, 0.25) is 0 Å². The summed E-state index contributed by atoms with van der Waals surface area (Å²) in [7, 11) is -5.95. The van der Waals surface area contributed by atoms with Crippen LogP contribution < -0.4 is 0 Å². The van der Waals surface area contributed by atoms with Crippen LogP contribution in [0.4, 0.5) is 0 Å². The first-order valence-electron chi connectivity index (χ1n) is 2.77. The third kappa shape index (κ3) is 8.20. The van der Waals surface area contributed by atoms with Crippen LogP contribution in [0.3, 0.4) is 0 Å². The quantitative estimate of drug-likeness (QED) is 0.620. The second-order valence-electron chi connectivity index (χ2n) is 1.77. The van der Waals surface area contributed by atoms with Crippen LogP contribution in [-0.4, -0.2) is 22.5 Å². The number of rotatable bonds is 5. The fraction of sp³-hybridized carbons (Fsp3) is 1.00. The Kier molecular flexibility index (Phi) is 6.05. The lowest BCUT2D eigenvalue weighted by molar-refractivity contribution is 0.133. The molecule has 68 valence electrons. The molecule has 3 unspecified atom stereocenters. The van der Waals surface area contributed by atoms with Gasteiger partial charge in [-0.2, -0.15) is 0 Å². The SMILES string of the molecule is CC(CO[PH](=O)O)O[PH](=O)O. The van der Waals surface area contributed by atoms with Crippen molar-refractivity contribution >= 4 is 16.5 Å². The zero-order valence-electron chi connectivity index (χ0n) is 5.81. The highest BCUT2D eigenvalue weighted by atomic mass is 31.1. The van der Waals surface area contributed by atoms with Crippen molar-refractivity contribution < 1.29 is 28.0 Å². The van der Waals surface area contributed by atoms with Gasteiger partial charge in [-0.25, -0.2) is 0 Å². The first-order chi connectivity index (χ1) is 5.02. The standard InChI is InChI=1S/C3H10O6P2/c1-3(9-11(6)7)2-8-10(4)5/h3,10-11H,2H2,1H3,(H,4,5)(H,6,7). The summed E-state index contributed by atoms with van der Waals surface area (Å²) in [4.78, 5) is 16.4. The Bertz CT molecular complexity index is 158. The number of hydrogen-bond donors (Lipinski definition) is 2. The van der Waals surface area contributed by atoms with E-state index in [4.69, 9.17) is 9.79 Å². The Morgan fingerprint density at radius 3 is 2.27 bits per heavy atom. The fourth-order valence-corrected chi connectivity index (χ4v) is 1.18. The Labute approximate surface area is 65.0 Å². The molecule has 0 rings (SSSR count). The van der Waals surface area contributed by atoms with Crippen LogP contribution >= 0.6 is 16.5 Å². The highest BCUT2D eigenvalue weighted by molar-refractivity contribution is 7.32. The summed E-state index contributed by atoms with van der Waals surface area (Å²) in [6.45, 7) is 1.30. The molecule has 3 atom stereocenters. The molecule has 0 spiro atoms. The molecule has 0 fully saturated rings. The Hall–Kier alpha value is 0.300. The zero-order chi connectivity index (χ0) is 8.85. The summed E-state index contributed by atoms with van der Waals surface area (Å²) in [5, 5.41) is 0. The van der Waals surface area contributed by atoms with Gasteiger partial charge >= 0.3 is 16.5 Å². The molecule has 2 N–H and O–H groups in total. The second kappa shape index (κ2) is 5.89. The van der Waals surface area contributed by atoms with Crippen molar-refractivity contribution in [2.45, 2.75) is 13.0 Å². The average molecular weight is 204 g/mol. The molecule has 0 radical (unpaired) electrons. The molecule has 0 saturated heterocycles. The molecule has 8 heteroatoms. The lowest BCUT2D eigenvalue weighted by Crippen LogP contribution is -2.09. The molecule has 0 aliphatic heterocycles. The highest BCUT2D eigenvalue weighted by Crippen LogP contribution is 2.21. The van der Waals surface area contributed by atoms with E-state index in [2.05, 4.69) is 9.05 Å². The summed E-state index contributed by atoms with van der Waals surface area (Å²) in [6, 6.07) is 0. The van der Waals surface area contributed by atoms with Gasteiger partial charge in [-0.15, -0.1) is 0 Å². The molecule has 6 nitrogen and oxygen atoms in total. The van der Waals surface area contributed by atoms with E-state index in [0.717, 1.165) is 0 Å². The number of hydrogen-bond acceptors (Lipinski definition) is 4. The Morgan fingerprint density at radius 2 is 1.91 bits per heavy atom. The van der Waals surface area contributed by atoms with E-state index in [-0.39, 0.29) is 6.61 Å². The monoisotopic (exact) mass is 204 g/mol. The first kappa shape index (κ1) is 11.3. The topological polar surface area (TPSA) is 93.1 Å². The van der Waals surface area contributed by atoms with Crippen LogP contribution in [0.15, 0.2) is 0 Å². The van der Waals surface area contributed by atoms with Gasteiger partial charge in [0.1, 0.15) is 0 Å². The molecule has 0 heterocycles. The maximum Gasteiger partial charge on any atom is 0.316 e. The highest BCUT2D eigenvalue weighted by Gasteiger charge is 2.05. The van der Waals surface area contributed by atoms with E-state index in [0.29, 0.717) is 0 Å². The van der Waals surface area contributed by atoms with E-state index in [1.807, 2.05) is 0 Å². The van der Waals surface area contributed by atoms with Gasteiger partial charge in [0.25, 0.3) is 0 Å². The van der Waals surface area contributed by atoms with Gasteiger partial charge in [-0.1, -0.05) is 0 Å². The molecule has 0 aliphatic carbocycles. The van der Waals surface area contributed by atoms with Gasteiger partial charge < -0.3 is 18.8 Å². The third-order valence-electron chi connectivity index (χ3n) is 0.744. The van der Waals surface area contributed by atoms with Crippen molar-refractivity contribution in [3.8, 4) is 0 Å². The summed E-state index contributed by atoms with van der Waals surface area (Å²) >= 11 is 0. The fourth-order valence-electron chi connectivity index (χ4n) is 0.395. The Morgan fingerprint density at radius 1 is 1.36 bits per heavy atom. The smallest absolute Gasteiger partial charge is 0.316 e. The van der Waals surface area contributed by atoms with Gasteiger partial charge in [-0.3, -0.25) is 9.13 Å². The van der Waals surface area contributed by atoms with Crippen molar-refractivity contribution in [3.05, 3.63) is 0 Å². The molecule has 11 heavy (non-hydrogen) atoms. The first-order valence-corrected chi connectivity index (χ1v) is 5.30. The molecule has 0 aliphatic rings. The molecule has 0 aromatic rings. The zero-order valence-corrected chi connectivity index (χ0v) is 7.81. The van der Waals surface area contributed by atoms with Gasteiger partial charge in [0, 0.05) is 0 Å². The Balaban J connectivity index is 3.44. The summed E-state index contributed by atoms with van der Waals surface area (Å²) in [6.07, 6.45) is -0.646. The van der Waals surface area contributed by atoms with E-state index < -0.39 is 22.6 Å². The summed E-state index contributed by atoms with van der Waals surface area (Å²) in [5.74, 6) is 0. The van der Waals surface area contributed by atoms with Crippen molar-refractivity contribution in [2.24, 2.45) is 0 Å². The van der Waals surface area contributed by atoms with E-state index in [9.17, 15) is 9.13 Å². The third-order valence-corrected chi connectivity index (χ3v) is 1.76. The predicted molar refractivity (Wildman–Crippen MR) is 38.9 cm³/mol. The van der Waals surface area contributed by atoms with E-state index >= 15 is 0 Å². The van der Waals surface area contributed by atoms with Crippen LogP contribution in [0, 0.1) is 0 Å². The molecular weight excluding hydrogens is 194 g/mol. The van der Waals surface area contributed by atoms with Crippen molar-refractivity contribution in [1.82, 2.24) is 0 Å².